The van der Waals surface area contributed by atoms with Gasteiger partial charge in [0.15, 0.2) is 0 Å². The van der Waals surface area contributed by atoms with Crippen molar-refractivity contribution < 1.29 is 5.11 Å². The molecule has 0 radical (unpaired) electrons. The van der Waals surface area contributed by atoms with Crippen molar-refractivity contribution in [2.24, 2.45) is 5.92 Å². The summed E-state index contributed by atoms with van der Waals surface area (Å²) in [5.74, 6) is 0.801. The molecule has 0 aromatic carbocycles. The van der Waals surface area contributed by atoms with E-state index in [0.717, 1.165) is 23.6 Å². The minimum Gasteiger partial charge on any atom is -0.386 e. The lowest BCUT2D eigenvalue weighted by atomic mass is 9.73. The minimum absolute atomic E-state index is 0.0657. The smallest absolute Gasteiger partial charge is 0.106 e. The second kappa shape index (κ2) is 5.32. The Bertz CT molecular complexity index is 391. The van der Waals surface area contributed by atoms with Crippen molar-refractivity contribution >= 4 is 11.3 Å². The molecule has 1 N–H and O–H groups in total. The standard InChI is InChI=1S/C15H25NOS/c1-11-7-9-15(10-8-11,16(3)4)14(17)13-6-5-12(2)18-13/h5-6,11,14,17H,7-10H2,1-4H3. The Balaban J connectivity index is 2.25. The Morgan fingerprint density at radius 2 is 1.94 bits per heavy atom. The number of aliphatic hydroxyl groups excluding tert-OH is 1. The molecule has 1 fully saturated rings. The van der Waals surface area contributed by atoms with Gasteiger partial charge in [0.1, 0.15) is 6.10 Å². The third-order valence-corrected chi connectivity index (χ3v) is 5.62. The maximum absolute atomic E-state index is 10.8. The molecule has 1 saturated carbocycles. The second-order valence-corrected chi connectivity index (χ2v) is 7.35. The summed E-state index contributed by atoms with van der Waals surface area (Å²) in [4.78, 5) is 4.65. The molecule has 0 amide bonds. The van der Waals surface area contributed by atoms with Gasteiger partial charge in [-0.25, -0.2) is 0 Å². The molecule has 0 spiro atoms. The maximum atomic E-state index is 10.8. The van der Waals surface area contributed by atoms with Gasteiger partial charge in [0.05, 0.1) is 5.54 Å². The molecule has 1 aliphatic rings. The molecule has 1 aromatic heterocycles. The Hall–Kier alpha value is -0.380. The summed E-state index contributed by atoms with van der Waals surface area (Å²) >= 11 is 1.73. The van der Waals surface area contributed by atoms with Gasteiger partial charge in [-0.3, -0.25) is 0 Å². The zero-order valence-electron chi connectivity index (χ0n) is 11.9. The lowest BCUT2D eigenvalue weighted by molar-refractivity contribution is -0.0390. The fourth-order valence-corrected chi connectivity index (χ4v) is 4.07. The average molecular weight is 267 g/mol. The number of hydrogen-bond donors (Lipinski definition) is 1. The fraction of sp³-hybridized carbons (Fsp3) is 0.733. The van der Waals surface area contributed by atoms with E-state index in [1.807, 2.05) is 0 Å². The van der Waals surface area contributed by atoms with E-state index < -0.39 is 0 Å². The van der Waals surface area contributed by atoms with E-state index in [4.69, 9.17) is 0 Å². The van der Waals surface area contributed by atoms with Crippen LogP contribution in [0.5, 0.6) is 0 Å². The lowest BCUT2D eigenvalue weighted by Gasteiger charge is -2.47. The average Bonchev–Trinajstić information content (AvgIpc) is 2.76. The van der Waals surface area contributed by atoms with Crippen molar-refractivity contribution in [1.29, 1.82) is 0 Å². The van der Waals surface area contributed by atoms with Gasteiger partial charge < -0.3 is 10.0 Å². The third kappa shape index (κ3) is 2.49. The first kappa shape index (κ1) is 14.0. The van der Waals surface area contributed by atoms with Gasteiger partial charge in [-0.2, -0.15) is 0 Å². The molecule has 18 heavy (non-hydrogen) atoms. The first-order valence-corrected chi connectivity index (χ1v) is 7.69. The van der Waals surface area contributed by atoms with Crippen molar-refractivity contribution in [3.05, 3.63) is 21.9 Å². The molecular weight excluding hydrogens is 242 g/mol. The molecule has 0 aliphatic heterocycles. The van der Waals surface area contributed by atoms with E-state index in [9.17, 15) is 5.11 Å². The van der Waals surface area contributed by atoms with Gasteiger partial charge in [0.25, 0.3) is 0 Å². The molecule has 1 atom stereocenters. The van der Waals surface area contributed by atoms with E-state index in [-0.39, 0.29) is 11.6 Å². The van der Waals surface area contributed by atoms with E-state index in [1.165, 1.54) is 17.7 Å². The minimum atomic E-state index is -0.348. The SMILES string of the molecule is Cc1ccc(C(O)C2(N(C)C)CCC(C)CC2)s1. The summed E-state index contributed by atoms with van der Waals surface area (Å²) in [5, 5.41) is 10.8. The number of hydrogen-bond acceptors (Lipinski definition) is 3. The highest BCUT2D eigenvalue weighted by molar-refractivity contribution is 7.12. The van der Waals surface area contributed by atoms with Crippen LogP contribution in [0.2, 0.25) is 0 Å². The summed E-state index contributed by atoms with van der Waals surface area (Å²) in [5.41, 5.74) is -0.0657. The molecule has 2 rings (SSSR count). The van der Waals surface area contributed by atoms with Gasteiger partial charge in [0, 0.05) is 9.75 Å². The molecule has 2 nitrogen and oxygen atoms in total. The van der Waals surface area contributed by atoms with Crippen LogP contribution >= 0.6 is 11.3 Å². The summed E-state index contributed by atoms with van der Waals surface area (Å²) in [6.45, 7) is 4.42. The van der Waals surface area contributed by atoms with Gasteiger partial charge in [-0.1, -0.05) is 6.92 Å². The highest BCUT2D eigenvalue weighted by atomic mass is 32.1. The Morgan fingerprint density at radius 3 is 2.39 bits per heavy atom. The van der Waals surface area contributed by atoms with Gasteiger partial charge in [-0.15, -0.1) is 11.3 Å². The van der Waals surface area contributed by atoms with Crippen LogP contribution in [-0.2, 0) is 0 Å². The Labute approximate surface area is 115 Å². The van der Waals surface area contributed by atoms with Crippen molar-refractivity contribution in [2.45, 2.75) is 51.2 Å². The van der Waals surface area contributed by atoms with Gasteiger partial charge in [0.2, 0.25) is 0 Å². The number of rotatable bonds is 3. The lowest BCUT2D eigenvalue weighted by Crippen LogP contribution is -2.51. The van der Waals surface area contributed by atoms with Crippen molar-refractivity contribution in [3.63, 3.8) is 0 Å². The van der Waals surface area contributed by atoms with Gasteiger partial charge >= 0.3 is 0 Å². The van der Waals surface area contributed by atoms with E-state index in [1.54, 1.807) is 11.3 Å². The molecule has 1 aromatic rings. The predicted octanol–water partition coefficient (Wildman–Crippen LogP) is 3.60. The molecule has 1 heterocycles. The number of thiophene rings is 1. The summed E-state index contributed by atoms with van der Waals surface area (Å²) in [6.07, 6.45) is 4.29. The van der Waals surface area contributed by atoms with E-state index >= 15 is 0 Å². The highest BCUT2D eigenvalue weighted by Crippen LogP contribution is 2.44. The number of nitrogens with zero attached hydrogens (tertiary/aromatic N) is 1. The fourth-order valence-electron chi connectivity index (χ4n) is 3.09. The van der Waals surface area contributed by atoms with Crippen LogP contribution in [0.4, 0.5) is 0 Å². The summed E-state index contributed by atoms with van der Waals surface area (Å²) < 4.78 is 0. The van der Waals surface area contributed by atoms with Crippen LogP contribution in [0.3, 0.4) is 0 Å². The van der Waals surface area contributed by atoms with Crippen molar-refractivity contribution in [1.82, 2.24) is 4.90 Å². The van der Waals surface area contributed by atoms with Crippen LogP contribution in [0.25, 0.3) is 0 Å². The molecule has 1 unspecified atom stereocenters. The third-order valence-electron chi connectivity index (χ3n) is 4.57. The molecule has 0 saturated heterocycles. The predicted molar refractivity (Wildman–Crippen MR) is 78.1 cm³/mol. The summed E-state index contributed by atoms with van der Waals surface area (Å²) in [7, 11) is 4.22. The monoisotopic (exact) mass is 267 g/mol. The zero-order chi connectivity index (χ0) is 13.3. The topological polar surface area (TPSA) is 23.5 Å². The summed E-state index contributed by atoms with van der Waals surface area (Å²) in [6, 6.07) is 4.20. The molecule has 3 heteroatoms. The molecule has 1 aliphatic carbocycles. The quantitative estimate of drug-likeness (QED) is 0.904. The van der Waals surface area contributed by atoms with Crippen LogP contribution in [0, 0.1) is 12.8 Å². The van der Waals surface area contributed by atoms with Crippen molar-refractivity contribution in [3.8, 4) is 0 Å². The molecule has 0 bridgehead atoms. The van der Waals surface area contributed by atoms with Crippen LogP contribution in [0.15, 0.2) is 12.1 Å². The van der Waals surface area contributed by atoms with Gasteiger partial charge in [-0.05, 0) is 64.8 Å². The van der Waals surface area contributed by atoms with Crippen LogP contribution < -0.4 is 0 Å². The van der Waals surface area contributed by atoms with E-state index in [0.29, 0.717) is 0 Å². The number of aryl methyl sites for hydroxylation is 1. The van der Waals surface area contributed by atoms with E-state index in [2.05, 4.69) is 45.0 Å². The first-order chi connectivity index (χ1) is 8.45. The Morgan fingerprint density at radius 1 is 1.33 bits per heavy atom. The van der Waals surface area contributed by atoms with Crippen molar-refractivity contribution in [2.75, 3.05) is 14.1 Å². The maximum Gasteiger partial charge on any atom is 0.106 e. The second-order valence-electron chi connectivity index (χ2n) is 6.03. The zero-order valence-corrected chi connectivity index (χ0v) is 12.8. The first-order valence-electron chi connectivity index (χ1n) is 6.87. The normalized spacial score (nSPS) is 30.7. The molecule has 102 valence electrons. The number of likely N-dealkylation sites (N-methyl/N-ethyl adjacent to an activating group) is 1. The Kier molecular flexibility index (Phi) is 4.15. The van der Waals surface area contributed by atoms with Crippen LogP contribution in [0.1, 0.15) is 48.5 Å². The largest absolute Gasteiger partial charge is 0.386 e. The highest BCUT2D eigenvalue weighted by Gasteiger charge is 2.43. The number of aliphatic hydroxyl groups is 1. The van der Waals surface area contributed by atoms with Crippen LogP contribution in [-0.4, -0.2) is 29.6 Å². The molecular formula is C15H25NOS.